The van der Waals surface area contributed by atoms with Gasteiger partial charge >= 0.3 is 0 Å². The Morgan fingerprint density at radius 1 is 1.02 bits per heavy atom. The minimum atomic E-state index is -0.726. The summed E-state index contributed by atoms with van der Waals surface area (Å²) in [6.07, 6.45) is 3.70. The predicted molar refractivity (Wildman–Crippen MR) is 151 cm³/mol. The highest BCUT2D eigenvalue weighted by atomic mass is 19.1. The number of hydrogen-bond acceptors (Lipinski definition) is 8. The van der Waals surface area contributed by atoms with Gasteiger partial charge < -0.3 is 25.2 Å². The lowest BCUT2D eigenvalue weighted by Gasteiger charge is -2.34. The minimum absolute atomic E-state index is 0.149. The van der Waals surface area contributed by atoms with Crippen molar-refractivity contribution in [1.29, 1.82) is 0 Å². The molecule has 3 aromatic rings. The highest BCUT2D eigenvalue weighted by Crippen LogP contribution is 2.31. The summed E-state index contributed by atoms with van der Waals surface area (Å²) in [5, 5.41) is 16.6. The number of rotatable bonds is 3. The first-order valence-corrected chi connectivity index (χ1v) is 14.5. The molecule has 0 unspecified atom stereocenters. The molecule has 2 saturated heterocycles. The Morgan fingerprint density at radius 2 is 1.84 bits per heavy atom. The standard InChI is InChI=1S/C31H33F2N5O5/c32-19-3-6-22(24(33)13-19)18-2-5-23-27(12-18)42-11-8-21-4-7-26(39)28(43-21)15-36-31(41)25-14-20(37-30(23)40)16-38(25)17-29-34-9-1-10-35-29/h1-3,5-6,9-10,12-13,20-21,25-26,28,39H,4,7-8,11,14-17H2,(H,36,41)(H,37,40)/t20-,21-,25-,26-,28+/m0/s1. The summed E-state index contributed by atoms with van der Waals surface area (Å²) < 4.78 is 40.4. The van der Waals surface area contributed by atoms with Crippen molar-refractivity contribution in [3.63, 3.8) is 0 Å². The van der Waals surface area contributed by atoms with E-state index in [0.717, 1.165) is 6.07 Å². The van der Waals surface area contributed by atoms with Gasteiger partial charge in [0.05, 0.1) is 37.0 Å². The van der Waals surface area contributed by atoms with Crippen LogP contribution in [-0.2, 0) is 16.1 Å². The lowest BCUT2D eigenvalue weighted by atomic mass is 9.99. The second kappa shape index (κ2) is 12.7. The maximum atomic E-state index is 14.6. The molecule has 43 heavy (non-hydrogen) atoms. The molecule has 0 aliphatic carbocycles. The van der Waals surface area contributed by atoms with Gasteiger partial charge in [0.25, 0.3) is 5.91 Å². The normalized spacial score (nSPS) is 26.6. The van der Waals surface area contributed by atoms with E-state index in [1.165, 1.54) is 12.1 Å². The fraction of sp³-hybridized carbons (Fsp3) is 0.419. The van der Waals surface area contributed by atoms with Crippen LogP contribution in [0.15, 0.2) is 54.9 Å². The first-order chi connectivity index (χ1) is 20.8. The molecule has 4 bridgehead atoms. The van der Waals surface area contributed by atoms with Gasteiger partial charge in [-0.15, -0.1) is 0 Å². The van der Waals surface area contributed by atoms with Crippen LogP contribution in [-0.4, -0.2) is 81.9 Å². The number of nitrogens with zero attached hydrogens (tertiary/aromatic N) is 3. The van der Waals surface area contributed by atoms with Crippen LogP contribution in [0.2, 0.25) is 0 Å². The first-order valence-electron chi connectivity index (χ1n) is 14.5. The topological polar surface area (TPSA) is 126 Å². The summed E-state index contributed by atoms with van der Waals surface area (Å²) >= 11 is 0. The maximum Gasteiger partial charge on any atom is 0.255 e. The van der Waals surface area contributed by atoms with Crippen LogP contribution in [0.1, 0.15) is 41.9 Å². The molecule has 4 heterocycles. The molecular formula is C31H33F2N5O5. The van der Waals surface area contributed by atoms with Gasteiger partial charge in [-0.2, -0.15) is 0 Å². The lowest BCUT2D eigenvalue weighted by Crippen LogP contribution is -2.50. The largest absolute Gasteiger partial charge is 0.493 e. The summed E-state index contributed by atoms with van der Waals surface area (Å²) in [6, 6.07) is 8.83. The van der Waals surface area contributed by atoms with E-state index >= 15 is 0 Å². The number of fused-ring (bicyclic) bond motifs is 5. The molecule has 3 N–H and O–H groups in total. The van der Waals surface area contributed by atoms with Crippen molar-refractivity contribution in [3.8, 4) is 16.9 Å². The summed E-state index contributed by atoms with van der Waals surface area (Å²) in [7, 11) is 0. The van der Waals surface area contributed by atoms with Gasteiger partial charge in [-0.3, -0.25) is 14.5 Å². The lowest BCUT2D eigenvalue weighted by molar-refractivity contribution is -0.133. The van der Waals surface area contributed by atoms with E-state index in [-0.39, 0.29) is 48.1 Å². The number of aromatic nitrogens is 2. The van der Waals surface area contributed by atoms with Crippen molar-refractivity contribution in [3.05, 3.63) is 77.9 Å². The fourth-order valence-electron chi connectivity index (χ4n) is 6.00. The van der Waals surface area contributed by atoms with Gasteiger partial charge in [0, 0.05) is 49.6 Å². The van der Waals surface area contributed by atoms with Crippen molar-refractivity contribution in [2.24, 2.45) is 0 Å². The zero-order valence-electron chi connectivity index (χ0n) is 23.4. The molecule has 3 aliphatic rings. The highest BCUT2D eigenvalue weighted by Gasteiger charge is 2.39. The maximum absolute atomic E-state index is 14.6. The SMILES string of the molecule is O=C1N[C@H]2C[C@@H](C(=O)NC[C@H]3O[C@H](CCOc4cc(-c5ccc(F)cc5F)ccc41)CC[C@@H]3O)N(Cc1ncccn1)C2. The van der Waals surface area contributed by atoms with Crippen LogP contribution in [0.3, 0.4) is 0 Å². The smallest absolute Gasteiger partial charge is 0.255 e. The number of hydrogen-bond donors (Lipinski definition) is 3. The van der Waals surface area contributed by atoms with E-state index in [4.69, 9.17) is 9.47 Å². The number of likely N-dealkylation sites (tertiary alicyclic amines) is 1. The Labute approximate surface area is 247 Å². The second-order valence-electron chi connectivity index (χ2n) is 11.2. The molecule has 2 fully saturated rings. The summed E-state index contributed by atoms with van der Waals surface area (Å²) in [6.45, 7) is 1.03. The molecule has 3 aliphatic heterocycles. The molecule has 10 nitrogen and oxygen atoms in total. The number of amides is 2. The van der Waals surface area contributed by atoms with Gasteiger partial charge in [0.2, 0.25) is 5.91 Å². The Balaban J connectivity index is 1.30. The number of halogens is 2. The van der Waals surface area contributed by atoms with Crippen LogP contribution in [0, 0.1) is 11.6 Å². The molecule has 5 atom stereocenters. The first kappa shape index (κ1) is 29.1. The van der Waals surface area contributed by atoms with Crippen LogP contribution in [0.25, 0.3) is 11.1 Å². The number of benzene rings is 2. The molecular weight excluding hydrogens is 560 g/mol. The number of nitrogens with one attached hydrogen (secondary N) is 2. The quantitative estimate of drug-likeness (QED) is 0.423. The van der Waals surface area contributed by atoms with Gasteiger partial charge in [0.1, 0.15) is 29.3 Å². The highest BCUT2D eigenvalue weighted by molar-refractivity contribution is 5.98. The molecule has 1 aromatic heterocycles. The molecule has 2 aromatic carbocycles. The molecule has 0 spiro atoms. The number of ether oxygens (including phenoxy) is 2. The van der Waals surface area contributed by atoms with Gasteiger partial charge in [-0.1, -0.05) is 6.07 Å². The monoisotopic (exact) mass is 593 g/mol. The molecule has 2 amide bonds. The van der Waals surface area contributed by atoms with Crippen LogP contribution < -0.4 is 15.4 Å². The third-order valence-electron chi connectivity index (χ3n) is 8.23. The Morgan fingerprint density at radius 3 is 2.65 bits per heavy atom. The number of carbonyl (C=O) groups excluding carboxylic acids is 2. The van der Waals surface area contributed by atoms with Crippen molar-refractivity contribution < 1.29 is 33.0 Å². The van der Waals surface area contributed by atoms with E-state index in [1.807, 2.05) is 4.90 Å². The zero-order valence-corrected chi connectivity index (χ0v) is 23.4. The van der Waals surface area contributed by atoms with Gasteiger partial charge in [-0.05, 0) is 55.2 Å². The third-order valence-corrected chi connectivity index (χ3v) is 8.23. The van der Waals surface area contributed by atoms with E-state index in [2.05, 4.69) is 20.6 Å². The van der Waals surface area contributed by atoms with E-state index < -0.39 is 35.8 Å². The third kappa shape index (κ3) is 6.66. The molecule has 226 valence electrons. The number of carbonyl (C=O) groups is 2. The summed E-state index contributed by atoms with van der Waals surface area (Å²) in [4.78, 5) is 37.5. The average molecular weight is 594 g/mol. The number of aliphatic hydroxyl groups is 1. The Kier molecular flexibility index (Phi) is 8.59. The second-order valence-corrected chi connectivity index (χ2v) is 11.2. The van der Waals surface area contributed by atoms with Crippen LogP contribution in [0.4, 0.5) is 8.78 Å². The van der Waals surface area contributed by atoms with Gasteiger partial charge in [0.15, 0.2) is 0 Å². The minimum Gasteiger partial charge on any atom is -0.493 e. The molecule has 0 radical (unpaired) electrons. The number of aliphatic hydroxyl groups excluding tert-OH is 1. The van der Waals surface area contributed by atoms with E-state index in [9.17, 15) is 23.5 Å². The summed E-state index contributed by atoms with van der Waals surface area (Å²) in [5.74, 6) is -1.24. The molecule has 12 heteroatoms. The predicted octanol–water partition coefficient (Wildman–Crippen LogP) is 2.60. The van der Waals surface area contributed by atoms with E-state index in [1.54, 1.807) is 36.7 Å². The van der Waals surface area contributed by atoms with Crippen LogP contribution >= 0.6 is 0 Å². The average Bonchev–Trinajstić information content (AvgIpc) is 3.39. The van der Waals surface area contributed by atoms with Crippen molar-refractivity contribution in [1.82, 2.24) is 25.5 Å². The Bertz CT molecular complexity index is 1480. The van der Waals surface area contributed by atoms with Crippen LogP contribution in [0.5, 0.6) is 5.75 Å². The van der Waals surface area contributed by atoms with Gasteiger partial charge in [-0.25, -0.2) is 18.7 Å². The molecule has 0 saturated carbocycles. The summed E-state index contributed by atoms with van der Waals surface area (Å²) in [5.41, 5.74) is 0.862. The Hall–Kier alpha value is -4.00. The van der Waals surface area contributed by atoms with Crippen molar-refractivity contribution >= 4 is 11.8 Å². The zero-order chi connectivity index (χ0) is 29.9. The molecule has 6 rings (SSSR count). The fourth-order valence-corrected chi connectivity index (χ4v) is 6.00. The van der Waals surface area contributed by atoms with E-state index in [0.29, 0.717) is 50.2 Å². The van der Waals surface area contributed by atoms with Crippen molar-refractivity contribution in [2.45, 2.75) is 62.6 Å². The van der Waals surface area contributed by atoms with Crippen molar-refractivity contribution in [2.75, 3.05) is 19.7 Å².